The van der Waals surface area contributed by atoms with Crippen LogP contribution in [0.5, 0.6) is 0 Å². The molecule has 0 aromatic heterocycles. The third kappa shape index (κ3) is 3.47. The van der Waals surface area contributed by atoms with Gasteiger partial charge in [0.2, 0.25) is 5.91 Å². The maximum absolute atomic E-state index is 12.2. The third-order valence-corrected chi connectivity index (χ3v) is 3.65. The number of carboxylic acids is 1. The van der Waals surface area contributed by atoms with Crippen LogP contribution in [0.4, 0.5) is 0 Å². The molecule has 1 N–H and O–H groups in total. The number of carboxylic acid groups (broad SMARTS) is 1. The quantitative estimate of drug-likeness (QED) is 0.860. The zero-order valence-corrected chi connectivity index (χ0v) is 11.6. The number of rotatable bonds is 3. The third-order valence-electron chi connectivity index (χ3n) is 3.65. The van der Waals surface area contributed by atoms with Crippen molar-refractivity contribution < 1.29 is 14.7 Å². The number of piperidine rings is 1. The number of carbonyl (C=O) groups is 2. The van der Waals surface area contributed by atoms with E-state index >= 15 is 0 Å². The molecule has 1 saturated heterocycles. The summed E-state index contributed by atoms with van der Waals surface area (Å²) >= 11 is 0. The van der Waals surface area contributed by atoms with Crippen LogP contribution < -0.4 is 0 Å². The van der Waals surface area contributed by atoms with Crippen molar-refractivity contribution in [1.82, 2.24) is 4.90 Å². The van der Waals surface area contributed by atoms with Gasteiger partial charge in [-0.1, -0.05) is 30.3 Å². The van der Waals surface area contributed by atoms with Crippen LogP contribution in [0.3, 0.4) is 0 Å². The molecule has 1 fully saturated rings. The van der Waals surface area contributed by atoms with Gasteiger partial charge in [0.25, 0.3) is 0 Å². The molecule has 0 aliphatic carbocycles. The van der Waals surface area contributed by atoms with Gasteiger partial charge in [0.1, 0.15) is 0 Å². The maximum Gasteiger partial charge on any atom is 0.308 e. The second kappa shape index (κ2) is 6.37. The van der Waals surface area contributed by atoms with Gasteiger partial charge in [0, 0.05) is 19.2 Å². The molecule has 1 heterocycles. The average molecular weight is 273 g/mol. The molecule has 20 heavy (non-hydrogen) atoms. The number of nitrogens with zero attached hydrogens (tertiary/aromatic N) is 1. The molecular weight excluding hydrogens is 254 g/mol. The van der Waals surface area contributed by atoms with E-state index in [-0.39, 0.29) is 5.91 Å². The molecule has 0 bridgehead atoms. The summed E-state index contributed by atoms with van der Waals surface area (Å²) in [5.74, 6) is -1.35. The van der Waals surface area contributed by atoms with Crippen LogP contribution in [0.15, 0.2) is 36.4 Å². The largest absolute Gasteiger partial charge is 0.481 e. The van der Waals surface area contributed by atoms with Gasteiger partial charge in [-0.3, -0.25) is 9.59 Å². The van der Waals surface area contributed by atoms with Crippen LogP contribution in [0.2, 0.25) is 0 Å². The van der Waals surface area contributed by atoms with E-state index in [1.54, 1.807) is 11.0 Å². The predicted octanol–water partition coefficient (Wildman–Crippen LogP) is 2.41. The predicted molar refractivity (Wildman–Crippen MR) is 77.0 cm³/mol. The van der Waals surface area contributed by atoms with Crippen molar-refractivity contribution in [3.8, 4) is 0 Å². The molecule has 0 radical (unpaired) electrons. The molecule has 1 aromatic rings. The topological polar surface area (TPSA) is 57.6 Å². The lowest BCUT2D eigenvalue weighted by molar-refractivity contribution is -0.144. The molecule has 106 valence electrons. The van der Waals surface area contributed by atoms with E-state index in [1.807, 2.05) is 37.3 Å². The van der Waals surface area contributed by atoms with Crippen LogP contribution in [0, 0.1) is 5.92 Å². The number of carbonyl (C=O) groups excluding carboxylic acids is 1. The lowest BCUT2D eigenvalue weighted by atomic mass is 9.98. The standard InChI is InChI=1S/C16H19NO3/c1-12(13-6-3-2-4-7-13)10-15(18)17-9-5-8-14(11-17)16(19)20/h2-4,6-7,10,14H,5,8-9,11H2,1H3,(H,19,20)/b12-10-. The number of allylic oxidation sites excluding steroid dienone is 1. The summed E-state index contributed by atoms with van der Waals surface area (Å²) in [4.78, 5) is 24.9. The highest BCUT2D eigenvalue weighted by molar-refractivity contribution is 5.95. The zero-order chi connectivity index (χ0) is 14.5. The Morgan fingerprint density at radius 2 is 2.00 bits per heavy atom. The van der Waals surface area contributed by atoms with Gasteiger partial charge in [0.05, 0.1) is 5.92 Å². The summed E-state index contributed by atoms with van der Waals surface area (Å²) in [5, 5.41) is 9.04. The summed E-state index contributed by atoms with van der Waals surface area (Å²) in [5.41, 5.74) is 1.90. The van der Waals surface area contributed by atoms with Gasteiger partial charge in [-0.25, -0.2) is 0 Å². The highest BCUT2D eigenvalue weighted by Gasteiger charge is 2.27. The van der Waals surface area contributed by atoms with E-state index in [2.05, 4.69) is 0 Å². The fourth-order valence-electron chi connectivity index (χ4n) is 2.44. The number of amides is 1. The molecule has 1 amide bonds. The van der Waals surface area contributed by atoms with E-state index in [1.165, 1.54) is 0 Å². The van der Waals surface area contributed by atoms with Crippen molar-refractivity contribution >= 4 is 17.4 Å². The average Bonchev–Trinajstić information content (AvgIpc) is 2.48. The van der Waals surface area contributed by atoms with Crippen molar-refractivity contribution in [3.63, 3.8) is 0 Å². The Kier molecular flexibility index (Phi) is 4.56. The molecular formula is C16H19NO3. The minimum atomic E-state index is -0.814. The number of aliphatic carboxylic acids is 1. The highest BCUT2D eigenvalue weighted by atomic mass is 16.4. The molecule has 4 heteroatoms. The van der Waals surface area contributed by atoms with Gasteiger partial charge in [-0.2, -0.15) is 0 Å². The van der Waals surface area contributed by atoms with Gasteiger partial charge in [-0.05, 0) is 30.9 Å². The molecule has 1 unspecified atom stereocenters. The second-order valence-electron chi connectivity index (χ2n) is 5.16. The Balaban J connectivity index is 2.06. The highest BCUT2D eigenvalue weighted by Crippen LogP contribution is 2.19. The Hall–Kier alpha value is -2.10. The van der Waals surface area contributed by atoms with Crippen molar-refractivity contribution in [2.75, 3.05) is 13.1 Å². The molecule has 0 saturated carbocycles. The van der Waals surface area contributed by atoms with Gasteiger partial charge in [0.15, 0.2) is 0 Å². The molecule has 2 rings (SSSR count). The first-order valence-electron chi connectivity index (χ1n) is 6.83. The molecule has 1 atom stereocenters. The molecule has 1 aliphatic rings. The van der Waals surface area contributed by atoms with Crippen LogP contribution >= 0.6 is 0 Å². The first-order chi connectivity index (χ1) is 9.58. The van der Waals surface area contributed by atoms with E-state index < -0.39 is 11.9 Å². The summed E-state index contributed by atoms with van der Waals surface area (Å²) in [6.07, 6.45) is 3.00. The maximum atomic E-state index is 12.2. The summed E-state index contributed by atoms with van der Waals surface area (Å²) in [6, 6.07) is 9.70. The first-order valence-corrected chi connectivity index (χ1v) is 6.83. The first kappa shape index (κ1) is 14.3. The minimum absolute atomic E-state index is 0.0997. The minimum Gasteiger partial charge on any atom is -0.481 e. The Labute approximate surface area is 118 Å². The second-order valence-corrected chi connectivity index (χ2v) is 5.16. The molecule has 1 aromatic carbocycles. The van der Waals surface area contributed by atoms with Crippen molar-refractivity contribution in [2.24, 2.45) is 5.92 Å². The SMILES string of the molecule is C/C(=C/C(=O)N1CCCC(C(=O)O)C1)c1ccccc1. The fraction of sp³-hybridized carbons (Fsp3) is 0.375. The van der Waals surface area contributed by atoms with E-state index in [4.69, 9.17) is 5.11 Å². The molecule has 0 spiro atoms. The lowest BCUT2D eigenvalue weighted by Gasteiger charge is -2.30. The van der Waals surface area contributed by atoms with Gasteiger partial charge in [-0.15, -0.1) is 0 Å². The van der Waals surface area contributed by atoms with E-state index in [0.29, 0.717) is 19.5 Å². The zero-order valence-electron chi connectivity index (χ0n) is 11.6. The van der Waals surface area contributed by atoms with E-state index in [0.717, 1.165) is 17.6 Å². The van der Waals surface area contributed by atoms with Crippen molar-refractivity contribution in [2.45, 2.75) is 19.8 Å². The van der Waals surface area contributed by atoms with Gasteiger partial charge >= 0.3 is 5.97 Å². The summed E-state index contributed by atoms with van der Waals surface area (Å²) in [6.45, 7) is 2.85. The molecule has 1 aliphatic heterocycles. The number of likely N-dealkylation sites (tertiary alicyclic amines) is 1. The fourth-order valence-corrected chi connectivity index (χ4v) is 2.44. The van der Waals surface area contributed by atoms with Crippen LogP contribution in [-0.2, 0) is 9.59 Å². The Bertz CT molecular complexity index is 522. The van der Waals surface area contributed by atoms with Gasteiger partial charge < -0.3 is 10.0 Å². The number of benzene rings is 1. The Morgan fingerprint density at radius 1 is 1.30 bits per heavy atom. The Morgan fingerprint density at radius 3 is 2.65 bits per heavy atom. The van der Waals surface area contributed by atoms with Crippen molar-refractivity contribution in [3.05, 3.63) is 42.0 Å². The summed E-state index contributed by atoms with van der Waals surface area (Å²) < 4.78 is 0. The number of hydrogen-bond donors (Lipinski definition) is 1. The smallest absolute Gasteiger partial charge is 0.308 e. The van der Waals surface area contributed by atoms with E-state index in [9.17, 15) is 9.59 Å². The lowest BCUT2D eigenvalue weighted by Crippen LogP contribution is -2.41. The van der Waals surface area contributed by atoms with Crippen LogP contribution in [0.1, 0.15) is 25.3 Å². The molecule has 4 nitrogen and oxygen atoms in total. The van der Waals surface area contributed by atoms with Crippen LogP contribution in [0.25, 0.3) is 5.57 Å². The summed E-state index contributed by atoms with van der Waals surface area (Å²) in [7, 11) is 0. The monoisotopic (exact) mass is 273 g/mol. The van der Waals surface area contributed by atoms with Crippen LogP contribution in [-0.4, -0.2) is 35.0 Å². The normalized spacial score (nSPS) is 19.8. The van der Waals surface area contributed by atoms with Crippen molar-refractivity contribution in [1.29, 1.82) is 0 Å². The number of hydrogen-bond acceptors (Lipinski definition) is 2.